The first kappa shape index (κ1) is 20.6. The molecular weight excluding hydrogens is 393 g/mol. The van der Waals surface area contributed by atoms with Crippen LogP contribution in [0.4, 0.5) is 10.1 Å². The number of amides is 3. The van der Waals surface area contributed by atoms with E-state index >= 15 is 0 Å². The molecule has 3 aromatic rings. The smallest absolute Gasteiger partial charge is 0.291 e. The van der Waals surface area contributed by atoms with Gasteiger partial charge in [0.1, 0.15) is 11.6 Å². The van der Waals surface area contributed by atoms with Crippen LogP contribution >= 0.6 is 0 Å². The maximum atomic E-state index is 12.9. The normalized spacial score (nSPS) is 11.3. The van der Waals surface area contributed by atoms with Crippen LogP contribution in [0.25, 0.3) is 0 Å². The molecule has 0 saturated carbocycles. The average Bonchev–Trinajstić information content (AvgIpc) is 3.29. The van der Waals surface area contributed by atoms with Gasteiger partial charge in [0, 0.05) is 11.3 Å². The summed E-state index contributed by atoms with van der Waals surface area (Å²) in [5, 5.41) is 2.63. The molecule has 1 atom stereocenters. The van der Waals surface area contributed by atoms with E-state index < -0.39 is 29.6 Å². The van der Waals surface area contributed by atoms with E-state index in [1.54, 1.807) is 6.07 Å². The van der Waals surface area contributed by atoms with E-state index in [1.165, 1.54) is 67.8 Å². The SMILES string of the molecule is CC(Oc1ccc(F)cc1)C(=O)NNC(=O)c1ccc(NC(=O)c2ccco2)cc1. The van der Waals surface area contributed by atoms with Gasteiger partial charge < -0.3 is 14.5 Å². The number of carbonyl (C=O) groups excluding carboxylic acids is 3. The van der Waals surface area contributed by atoms with Crippen LogP contribution in [-0.2, 0) is 4.79 Å². The Morgan fingerprint density at radius 1 is 0.933 bits per heavy atom. The van der Waals surface area contributed by atoms with E-state index in [4.69, 9.17) is 9.15 Å². The van der Waals surface area contributed by atoms with E-state index in [9.17, 15) is 18.8 Å². The molecule has 30 heavy (non-hydrogen) atoms. The van der Waals surface area contributed by atoms with Gasteiger partial charge in [-0.3, -0.25) is 25.2 Å². The Labute approximate surface area is 171 Å². The van der Waals surface area contributed by atoms with Crippen molar-refractivity contribution in [3.05, 3.63) is 84.1 Å². The standard InChI is InChI=1S/C21H18FN3O5/c1-13(30-17-10-6-15(22)7-11-17)19(26)24-25-20(27)14-4-8-16(9-5-14)23-21(28)18-3-2-12-29-18/h2-13H,1H3,(H,23,28)(H,24,26)(H,25,27). The van der Waals surface area contributed by atoms with Gasteiger partial charge >= 0.3 is 0 Å². The Kier molecular flexibility index (Phi) is 6.43. The van der Waals surface area contributed by atoms with Gasteiger partial charge in [-0.25, -0.2) is 4.39 Å². The average molecular weight is 411 g/mol. The summed E-state index contributed by atoms with van der Waals surface area (Å²) in [6.45, 7) is 1.49. The van der Waals surface area contributed by atoms with Crippen molar-refractivity contribution in [1.29, 1.82) is 0 Å². The molecule has 1 unspecified atom stereocenters. The summed E-state index contributed by atoms with van der Waals surface area (Å²) in [5.41, 5.74) is 5.27. The fourth-order valence-electron chi connectivity index (χ4n) is 2.37. The van der Waals surface area contributed by atoms with E-state index in [0.29, 0.717) is 11.4 Å². The first-order valence-corrected chi connectivity index (χ1v) is 8.90. The third-order valence-corrected chi connectivity index (χ3v) is 3.94. The number of furan rings is 1. The zero-order chi connectivity index (χ0) is 21.5. The molecule has 3 rings (SSSR count). The summed E-state index contributed by atoms with van der Waals surface area (Å²) in [4.78, 5) is 36.2. The van der Waals surface area contributed by atoms with Crippen LogP contribution in [0.2, 0.25) is 0 Å². The van der Waals surface area contributed by atoms with Crippen molar-refractivity contribution in [2.75, 3.05) is 5.32 Å². The molecule has 8 nitrogen and oxygen atoms in total. The summed E-state index contributed by atoms with van der Waals surface area (Å²) in [5.74, 6) is -1.50. The molecule has 0 fully saturated rings. The number of ether oxygens (including phenoxy) is 1. The van der Waals surface area contributed by atoms with Crippen LogP contribution in [0.15, 0.2) is 71.3 Å². The molecule has 0 bridgehead atoms. The number of nitrogens with one attached hydrogen (secondary N) is 3. The lowest BCUT2D eigenvalue weighted by molar-refractivity contribution is -0.128. The predicted octanol–water partition coefficient (Wildman–Crippen LogP) is 2.90. The van der Waals surface area contributed by atoms with E-state index in [0.717, 1.165) is 0 Å². The zero-order valence-corrected chi connectivity index (χ0v) is 15.8. The highest BCUT2D eigenvalue weighted by atomic mass is 19.1. The number of hydrogen-bond acceptors (Lipinski definition) is 5. The second-order valence-electron chi connectivity index (χ2n) is 6.17. The third-order valence-electron chi connectivity index (χ3n) is 3.94. The number of anilines is 1. The van der Waals surface area contributed by atoms with Gasteiger partial charge in [0.25, 0.3) is 17.7 Å². The lowest BCUT2D eigenvalue weighted by Crippen LogP contribution is -2.47. The number of hydrazine groups is 1. The Morgan fingerprint density at radius 3 is 2.27 bits per heavy atom. The summed E-state index contributed by atoms with van der Waals surface area (Å²) < 4.78 is 23.3. The van der Waals surface area contributed by atoms with Crippen LogP contribution < -0.4 is 20.9 Å². The Balaban J connectivity index is 1.48. The van der Waals surface area contributed by atoms with Crippen molar-refractivity contribution >= 4 is 23.4 Å². The van der Waals surface area contributed by atoms with Gasteiger partial charge in [-0.2, -0.15) is 0 Å². The van der Waals surface area contributed by atoms with Gasteiger partial charge in [-0.1, -0.05) is 0 Å². The molecule has 154 valence electrons. The fraction of sp³-hybridized carbons (Fsp3) is 0.0952. The lowest BCUT2D eigenvalue weighted by Gasteiger charge is -2.15. The van der Waals surface area contributed by atoms with E-state index in [2.05, 4.69) is 16.2 Å². The number of carbonyl (C=O) groups is 3. The monoisotopic (exact) mass is 411 g/mol. The molecule has 0 spiro atoms. The van der Waals surface area contributed by atoms with Crippen molar-refractivity contribution in [3.63, 3.8) is 0 Å². The summed E-state index contributed by atoms with van der Waals surface area (Å²) in [6, 6.07) is 14.4. The number of hydrogen-bond donors (Lipinski definition) is 3. The lowest BCUT2D eigenvalue weighted by atomic mass is 10.2. The minimum atomic E-state index is -0.921. The van der Waals surface area contributed by atoms with Crippen molar-refractivity contribution in [2.45, 2.75) is 13.0 Å². The summed E-state index contributed by atoms with van der Waals surface area (Å²) in [7, 11) is 0. The molecule has 0 aliphatic carbocycles. The van der Waals surface area contributed by atoms with E-state index in [-0.39, 0.29) is 11.3 Å². The van der Waals surface area contributed by atoms with Crippen molar-refractivity contribution in [3.8, 4) is 5.75 Å². The van der Waals surface area contributed by atoms with Crippen molar-refractivity contribution < 1.29 is 27.9 Å². The maximum absolute atomic E-state index is 12.9. The van der Waals surface area contributed by atoms with Crippen LogP contribution in [0.3, 0.4) is 0 Å². The Bertz CT molecular complexity index is 1020. The van der Waals surface area contributed by atoms with Crippen molar-refractivity contribution in [2.24, 2.45) is 0 Å². The van der Waals surface area contributed by atoms with Gasteiger partial charge in [0.15, 0.2) is 11.9 Å². The van der Waals surface area contributed by atoms with Crippen LogP contribution in [0.5, 0.6) is 5.75 Å². The minimum absolute atomic E-state index is 0.163. The van der Waals surface area contributed by atoms with Crippen LogP contribution in [0, 0.1) is 5.82 Å². The number of halogens is 1. The Morgan fingerprint density at radius 2 is 1.63 bits per heavy atom. The van der Waals surface area contributed by atoms with Gasteiger partial charge in [0.2, 0.25) is 0 Å². The second-order valence-corrected chi connectivity index (χ2v) is 6.17. The van der Waals surface area contributed by atoms with Crippen LogP contribution in [-0.4, -0.2) is 23.8 Å². The molecule has 2 aromatic carbocycles. The third kappa shape index (κ3) is 5.44. The molecule has 0 saturated heterocycles. The highest BCUT2D eigenvalue weighted by Crippen LogP contribution is 2.13. The predicted molar refractivity (Wildman–Crippen MR) is 105 cm³/mol. The summed E-state index contributed by atoms with van der Waals surface area (Å²) in [6.07, 6.45) is 0.470. The zero-order valence-electron chi connectivity index (χ0n) is 15.8. The van der Waals surface area contributed by atoms with E-state index in [1.807, 2.05) is 0 Å². The summed E-state index contributed by atoms with van der Waals surface area (Å²) >= 11 is 0. The molecule has 3 N–H and O–H groups in total. The van der Waals surface area contributed by atoms with Gasteiger partial charge in [0.05, 0.1) is 6.26 Å². The highest BCUT2D eigenvalue weighted by Gasteiger charge is 2.16. The highest BCUT2D eigenvalue weighted by molar-refractivity contribution is 6.02. The largest absolute Gasteiger partial charge is 0.481 e. The molecular formula is C21H18FN3O5. The fourth-order valence-corrected chi connectivity index (χ4v) is 2.37. The van der Waals surface area contributed by atoms with Crippen LogP contribution in [0.1, 0.15) is 27.8 Å². The first-order chi connectivity index (χ1) is 14.4. The minimum Gasteiger partial charge on any atom is -0.481 e. The maximum Gasteiger partial charge on any atom is 0.291 e. The molecule has 1 heterocycles. The topological polar surface area (TPSA) is 110 Å². The number of rotatable bonds is 6. The molecule has 9 heteroatoms. The number of benzene rings is 2. The first-order valence-electron chi connectivity index (χ1n) is 8.90. The quantitative estimate of drug-likeness (QED) is 0.541. The van der Waals surface area contributed by atoms with Crippen molar-refractivity contribution in [1.82, 2.24) is 10.9 Å². The molecule has 0 aliphatic rings. The molecule has 0 aliphatic heterocycles. The van der Waals surface area contributed by atoms with Gasteiger partial charge in [-0.15, -0.1) is 0 Å². The Hall–Kier alpha value is -4.14. The molecule has 1 aromatic heterocycles. The molecule has 3 amide bonds. The second kappa shape index (κ2) is 9.37. The molecule has 0 radical (unpaired) electrons. The van der Waals surface area contributed by atoms with Gasteiger partial charge in [-0.05, 0) is 67.6 Å².